The zero-order valence-corrected chi connectivity index (χ0v) is 14.1. The fourth-order valence-corrected chi connectivity index (χ4v) is 4.08. The molecule has 1 N–H and O–H groups in total. The number of amides is 1. The van der Waals surface area contributed by atoms with E-state index in [4.69, 9.17) is 0 Å². The second kappa shape index (κ2) is 7.23. The lowest BCUT2D eigenvalue weighted by atomic mass is 9.91. The number of carbonyl (C=O) groups excluding carboxylic acids is 1. The molecule has 1 saturated carbocycles. The SMILES string of the molecule is CCN(C(=O)/C=C/c1nc2ccccc2s1)[C@@H]1CCCC[C@H]1O. The van der Waals surface area contributed by atoms with Crippen molar-refractivity contribution in [1.82, 2.24) is 9.88 Å². The number of rotatable bonds is 4. The first-order chi connectivity index (χ1) is 11.2. The number of benzene rings is 1. The van der Waals surface area contributed by atoms with Gasteiger partial charge in [0.15, 0.2) is 0 Å². The molecule has 1 heterocycles. The number of carbonyl (C=O) groups is 1. The van der Waals surface area contributed by atoms with Gasteiger partial charge in [0.1, 0.15) is 5.01 Å². The van der Waals surface area contributed by atoms with Crippen molar-refractivity contribution in [3.8, 4) is 0 Å². The highest BCUT2D eigenvalue weighted by atomic mass is 32.1. The van der Waals surface area contributed by atoms with Gasteiger partial charge in [-0.3, -0.25) is 4.79 Å². The van der Waals surface area contributed by atoms with Crippen molar-refractivity contribution in [2.24, 2.45) is 0 Å². The average Bonchev–Trinajstić information content (AvgIpc) is 2.98. The monoisotopic (exact) mass is 330 g/mol. The molecule has 0 unspecified atom stereocenters. The Morgan fingerprint density at radius 2 is 2.17 bits per heavy atom. The van der Waals surface area contributed by atoms with E-state index in [1.54, 1.807) is 28.4 Å². The normalized spacial score (nSPS) is 21.8. The average molecular weight is 330 g/mol. The minimum Gasteiger partial charge on any atom is -0.391 e. The molecule has 1 aliphatic carbocycles. The Hall–Kier alpha value is -1.72. The summed E-state index contributed by atoms with van der Waals surface area (Å²) in [5.74, 6) is -0.0438. The minimum atomic E-state index is -0.400. The van der Waals surface area contributed by atoms with Gasteiger partial charge in [-0.2, -0.15) is 0 Å². The van der Waals surface area contributed by atoms with Crippen molar-refractivity contribution in [2.45, 2.75) is 44.8 Å². The highest BCUT2D eigenvalue weighted by Crippen LogP contribution is 2.25. The summed E-state index contributed by atoms with van der Waals surface area (Å²) in [6, 6.07) is 7.90. The molecule has 1 aromatic heterocycles. The molecule has 2 aromatic rings. The van der Waals surface area contributed by atoms with Gasteiger partial charge < -0.3 is 10.0 Å². The Kier molecular flexibility index (Phi) is 5.08. The summed E-state index contributed by atoms with van der Waals surface area (Å²) in [5.41, 5.74) is 0.958. The summed E-state index contributed by atoms with van der Waals surface area (Å²) >= 11 is 1.58. The Balaban J connectivity index is 1.73. The largest absolute Gasteiger partial charge is 0.391 e. The van der Waals surface area contributed by atoms with E-state index in [-0.39, 0.29) is 11.9 Å². The smallest absolute Gasteiger partial charge is 0.246 e. The van der Waals surface area contributed by atoms with Crippen LogP contribution in [-0.2, 0) is 4.79 Å². The van der Waals surface area contributed by atoms with Gasteiger partial charge in [-0.15, -0.1) is 11.3 Å². The van der Waals surface area contributed by atoms with Gasteiger partial charge in [0.2, 0.25) is 5.91 Å². The molecule has 3 rings (SSSR count). The van der Waals surface area contributed by atoms with Crippen LogP contribution in [0.1, 0.15) is 37.6 Å². The van der Waals surface area contributed by atoms with E-state index in [2.05, 4.69) is 4.98 Å². The van der Waals surface area contributed by atoms with Crippen LogP contribution >= 0.6 is 11.3 Å². The number of likely N-dealkylation sites (N-methyl/N-ethyl adjacent to an activating group) is 1. The second-order valence-electron chi connectivity index (χ2n) is 5.90. The number of fused-ring (bicyclic) bond motifs is 1. The molecule has 0 saturated heterocycles. The van der Waals surface area contributed by atoms with Crippen LogP contribution < -0.4 is 0 Å². The quantitative estimate of drug-likeness (QED) is 0.874. The van der Waals surface area contributed by atoms with Gasteiger partial charge in [0.25, 0.3) is 0 Å². The van der Waals surface area contributed by atoms with Gasteiger partial charge in [-0.05, 0) is 38.0 Å². The molecular formula is C18H22N2O2S. The fourth-order valence-electron chi connectivity index (χ4n) is 3.21. The molecule has 1 aliphatic rings. The van der Waals surface area contributed by atoms with E-state index in [1.165, 1.54) is 0 Å². The van der Waals surface area contributed by atoms with Crippen LogP contribution in [0.15, 0.2) is 30.3 Å². The van der Waals surface area contributed by atoms with Crippen LogP contribution in [0.4, 0.5) is 0 Å². The first kappa shape index (κ1) is 16.1. The van der Waals surface area contributed by atoms with E-state index in [9.17, 15) is 9.90 Å². The Bertz CT molecular complexity index is 677. The third-order valence-corrected chi connectivity index (χ3v) is 5.40. The highest BCUT2D eigenvalue weighted by molar-refractivity contribution is 7.19. The predicted octanol–water partition coefficient (Wildman–Crippen LogP) is 3.46. The van der Waals surface area contributed by atoms with Crippen molar-refractivity contribution < 1.29 is 9.90 Å². The predicted molar refractivity (Wildman–Crippen MR) is 94.3 cm³/mol. The molecule has 122 valence electrons. The maximum atomic E-state index is 12.5. The van der Waals surface area contributed by atoms with Crippen LogP contribution in [0.2, 0.25) is 0 Å². The number of aliphatic hydroxyl groups is 1. The minimum absolute atomic E-state index is 0.0438. The third kappa shape index (κ3) is 3.62. The lowest BCUT2D eigenvalue weighted by Crippen LogP contribution is -2.47. The number of hydrogen-bond acceptors (Lipinski definition) is 4. The van der Waals surface area contributed by atoms with Gasteiger partial charge in [-0.25, -0.2) is 4.98 Å². The zero-order valence-electron chi connectivity index (χ0n) is 13.3. The zero-order chi connectivity index (χ0) is 16.2. The Morgan fingerprint density at radius 1 is 1.39 bits per heavy atom. The van der Waals surface area contributed by atoms with Crippen molar-refractivity contribution in [3.63, 3.8) is 0 Å². The van der Waals surface area contributed by atoms with E-state index < -0.39 is 6.10 Å². The summed E-state index contributed by atoms with van der Waals surface area (Å²) in [7, 11) is 0. The first-order valence-corrected chi connectivity index (χ1v) is 9.03. The number of hydrogen-bond donors (Lipinski definition) is 1. The van der Waals surface area contributed by atoms with Gasteiger partial charge in [0.05, 0.1) is 22.4 Å². The molecule has 0 aliphatic heterocycles. The summed E-state index contributed by atoms with van der Waals surface area (Å²) < 4.78 is 1.12. The second-order valence-corrected chi connectivity index (χ2v) is 6.96. The first-order valence-electron chi connectivity index (χ1n) is 8.21. The summed E-state index contributed by atoms with van der Waals surface area (Å²) in [6.45, 7) is 2.58. The number of aliphatic hydroxyl groups excluding tert-OH is 1. The number of aromatic nitrogens is 1. The lowest BCUT2D eigenvalue weighted by Gasteiger charge is -2.36. The van der Waals surface area contributed by atoms with E-state index >= 15 is 0 Å². The molecule has 0 bridgehead atoms. The topological polar surface area (TPSA) is 53.4 Å². The van der Waals surface area contributed by atoms with E-state index in [1.807, 2.05) is 31.2 Å². The van der Waals surface area contributed by atoms with Gasteiger partial charge in [-0.1, -0.05) is 25.0 Å². The third-order valence-electron chi connectivity index (χ3n) is 4.40. The van der Waals surface area contributed by atoms with Gasteiger partial charge >= 0.3 is 0 Å². The summed E-state index contributed by atoms with van der Waals surface area (Å²) in [5, 5.41) is 11.0. The van der Waals surface area contributed by atoms with E-state index in [0.29, 0.717) is 6.54 Å². The van der Waals surface area contributed by atoms with Crippen molar-refractivity contribution in [2.75, 3.05) is 6.54 Å². The molecule has 2 atom stereocenters. The molecule has 0 spiro atoms. The summed E-state index contributed by atoms with van der Waals surface area (Å²) in [6.07, 6.45) is 6.76. The van der Waals surface area contributed by atoms with Crippen LogP contribution in [0.5, 0.6) is 0 Å². The fraction of sp³-hybridized carbons (Fsp3) is 0.444. The lowest BCUT2D eigenvalue weighted by molar-refractivity contribution is -0.131. The Labute approximate surface area is 140 Å². The molecule has 4 nitrogen and oxygen atoms in total. The molecule has 1 fully saturated rings. The van der Waals surface area contributed by atoms with Crippen molar-refractivity contribution >= 4 is 33.5 Å². The van der Waals surface area contributed by atoms with Crippen LogP contribution in [0.25, 0.3) is 16.3 Å². The van der Waals surface area contributed by atoms with Crippen molar-refractivity contribution in [1.29, 1.82) is 0 Å². The molecule has 1 amide bonds. The van der Waals surface area contributed by atoms with E-state index in [0.717, 1.165) is 40.9 Å². The van der Waals surface area contributed by atoms with Crippen LogP contribution in [0, 0.1) is 0 Å². The number of para-hydroxylation sites is 1. The highest BCUT2D eigenvalue weighted by Gasteiger charge is 2.29. The van der Waals surface area contributed by atoms with Gasteiger partial charge in [0, 0.05) is 12.6 Å². The standard InChI is InChI=1S/C18H22N2O2S/c1-2-20(14-8-4-5-9-15(14)21)18(22)12-11-17-19-13-7-3-6-10-16(13)23-17/h3,6-7,10-12,14-15,21H,2,4-5,8-9H2,1H3/b12-11+/t14-,15-/m1/s1. The van der Waals surface area contributed by atoms with Crippen LogP contribution in [-0.4, -0.2) is 39.6 Å². The summed E-state index contributed by atoms with van der Waals surface area (Å²) in [4.78, 5) is 18.8. The molecule has 1 aromatic carbocycles. The maximum absolute atomic E-state index is 12.5. The molecule has 5 heteroatoms. The van der Waals surface area contributed by atoms with Crippen LogP contribution in [0.3, 0.4) is 0 Å². The maximum Gasteiger partial charge on any atom is 0.246 e. The molecule has 0 radical (unpaired) electrons. The number of nitrogens with zero attached hydrogens (tertiary/aromatic N) is 2. The molecular weight excluding hydrogens is 308 g/mol. The number of thiazole rings is 1. The van der Waals surface area contributed by atoms with Crippen molar-refractivity contribution in [3.05, 3.63) is 35.3 Å². The molecule has 23 heavy (non-hydrogen) atoms. The Morgan fingerprint density at radius 3 is 2.91 bits per heavy atom.